The van der Waals surface area contributed by atoms with Crippen LogP contribution in [0.4, 0.5) is 0 Å². The Labute approximate surface area is 95.2 Å². The number of carbonyl (C=O) groups excluding carboxylic acids is 1. The summed E-state index contributed by atoms with van der Waals surface area (Å²) in [6.07, 6.45) is 1.53. The van der Waals surface area contributed by atoms with Gasteiger partial charge in [0.1, 0.15) is 0 Å². The van der Waals surface area contributed by atoms with Crippen LogP contribution in [0.2, 0.25) is 0 Å². The highest BCUT2D eigenvalue weighted by Gasteiger charge is 2.31. The lowest BCUT2D eigenvalue weighted by Gasteiger charge is -2.25. The van der Waals surface area contributed by atoms with Crippen molar-refractivity contribution in [3.63, 3.8) is 0 Å². The van der Waals surface area contributed by atoms with Crippen molar-refractivity contribution >= 4 is 11.7 Å². The molecule has 1 aliphatic rings. The zero-order valence-electron chi connectivity index (χ0n) is 9.35. The van der Waals surface area contributed by atoms with E-state index < -0.39 is 0 Å². The van der Waals surface area contributed by atoms with Crippen LogP contribution in [0.5, 0.6) is 0 Å². The van der Waals surface area contributed by atoms with Gasteiger partial charge in [0, 0.05) is 5.71 Å². The smallest absolute Gasteiger partial charge is 0.309 e. The molecule has 16 heavy (non-hydrogen) atoms. The zero-order chi connectivity index (χ0) is 11.4. The molecule has 84 valence electrons. The first-order valence-corrected chi connectivity index (χ1v) is 5.43. The van der Waals surface area contributed by atoms with E-state index in [1.54, 1.807) is 0 Å². The van der Waals surface area contributed by atoms with E-state index in [0.717, 1.165) is 18.6 Å². The van der Waals surface area contributed by atoms with E-state index in [1.807, 2.05) is 18.2 Å². The van der Waals surface area contributed by atoms with Crippen molar-refractivity contribution in [3.05, 3.63) is 35.9 Å². The fourth-order valence-corrected chi connectivity index (χ4v) is 1.76. The molecule has 3 heteroatoms. The van der Waals surface area contributed by atoms with Gasteiger partial charge in [0.25, 0.3) is 0 Å². The SMILES string of the molecule is COC(=O)C1CC(=NCc2ccccc2)C1. The molecular formula is C13H15NO2. The number of ether oxygens (including phenoxy) is 1. The predicted molar refractivity (Wildman–Crippen MR) is 62.3 cm³/mol. The fraction of sp³-hybridized carbons (Fsp3) is 0.385. The number of carbonyl (C=O) groups is 1. The average Bonchev–Trinajstić information content (AvgIpc) is 2.28. The minimum absolute atomic E-state index is 0.0412. The Balaban J connectivity index is 1.82. The summed E-state index contributed by atoms with van der Waals surface area (Å²) in [6, 6.07) is 10.1. The van der Waals surface area contributed by atoms with E-state index in [1.165, 1.54) is 12.7 Å². The van der Waals surface area contributed by atoms with E-state index in [2.05, 4.69) is 21.9 Å². The number of hydrogen-bond acceptors (Lipinski definition) is 3. The van der Waals surface area contributed by atoms with Gasteiger partial charge in [0.05, 0.1) is 19.6 Å². The average molecular weight is 217 g/mol. The van der Waals surface area contributed by atoms with Crippen LogP contribution in [-0.4, -0.2) is 18.8 Å². The second kappa shape index (κ2) is 4.92. The first-order valence-electron chi connectivity index (χ1n) is 5.43. The Morgan fingerprint density at radius 2 is 2.06 bits per heavy atom. The number of hydrogen-bond donors (Lipinski definition) is 0. The Bertz CT molecular complexity index is 390. The Morgan fingerprint density at radius 3 is 2.69 bits per heavy atom. The number of methoxy groups -OCH3 is 1. The maximum atomic E-state index is 11.1. The lowest BCUT2D eigenvalue weighted by atomic mass is 9.83. The topological polar surface area (TPSA) is 38.7 Å². The standard InChI is InChI=1S/C13H15NO2/c1-16-13(15)11-7-12(8-11)14-9-10-5-3-2-4-6-10/h2-6,11H,7-9H2,1H3. The molecule has 2 rings (SSSR count). The maximum Gasteiger partial charge on any atom is 0.309 e. The summed E-state index contributed by atoms with van der Waals surface area (Å²) in [4.78, 5) is 15.6. The lowest BCUT2D eigenvalue weighted by Crippen LogP contribution is -2.31. The van der Waals surface area contributed by atoms with Crippen molar-refractivity contribution in [3.8, 4) is 0 Å². The molecular weight excluding hydrogens is 202 g/mol. The van der Waals surface area contributed by atoms with Crippen LogP contribution in [-0.2, 0) is 16.1 Å². The molecule has 0 bridgehead atoms. The molecule has 0 aromatic heterocycles. The number of rotatable bonds is 3. The van der Waals surface area contributed by atoms with E-state index >= 15 is 0 Å². The molecule has 0 heterocycles. The molecule has 0 radical (unpaired) electrons. The molecule has 1 aliphatic carbocycles. The van der Waals surface area contributed by atoms with E-state index in [-0.39, 0.29) is 11.9 Å². The normalized spacial score (nSPS) is 18.8. The Kier molecular flexibility index (Phi) is 3.34. The molecule has 1 aromatic carbocycles. The number of benzene rings is 1. The first-order chi connectivity index (χ1) is 7.79. The van der Waals surface area contributed by atoms with Gasteiger partial charge in [-0.05, 0) is 18.4 Å². The second-order valence-corrected chi connectivity index (χ2v) is 4.00. The molecule has 0 aliphatic heterocycles. The van der Waals surface area contributed by atoms with Crippen LogP contribution in [0.3, 0.4) is 0 Å². The van der Waals surface area contributed by atoms with E-state index in [0.29, 0.717) is 6.54 Å². The van der Waals surface area contributed by atoms with Crippen LogP contribution >= 0.6 is 0 Å². The van der Waals surface area contributed by atoms with Gasteiger partial charge < -0.3 is 4.74 Å². The highest BCUT2D eigenvalue weighted by atomic mass is 16.5. The molecule has 1 fully saturated rings. The highest BCUT2D eigenvalue weighted by Crippen LogP contribution is 2.25. The Hall–Kier alpha value is -1.64. The summed E-state index contributed by atoms with van der Waals surface area (Å²) < 4.78 is 4.67. The van der Waals surface area contributed by atoms with E-state index in [9.17, 15) is 4.79 Å². The highest BCUT2D eigenvalue weighted by molar-refractivity contribution is 5.97. The molecule has 0 amide bonds. The van der Waals surface area contributed by atoms with Crippen molar-refractivity contribution in [2.75, 3.05) is 7.11 Å². The summed E-state index contributed by atoms with van der Waals surface area (Å²) in [7, 11) is 1.43. The molecule has 1 aromatic rings. The van der Waals surface area contributed by atoms with Gasteiger partial charge in [-0.2, -0.15) is 0 Å². The largest absolute Gasteiger partial charge is 0.469 e. The van der Waals surface area contributed by atoms with Crippen LogP contribution in [0.1, 0.15) is 18.4 Å². The molecule has 1 saturated carbocycles. The second-order valence-electron chi connectivity index (χ2n) is 4.00. The third kappa shape index (κ3) is 2.48. The van der Waals surface area contributed by atoms with Gasteiger partial charge >= 0.3 is 5.97 Å². The van der Waals surface area contributed by atoms with Crippen molar-refractivity contribution in [2.45, 2.75) is 19.4 Å². The number of nitrogens with zero attached hydrogens (tertiary/aromatic N) is 1. The van der Waals surface area contributed by atoms with Gasteiger partial charge in [-0.1, -0.05) is 30.3 Å². The van der Waals surface area contributed by atoms with Gasteiger partial charge in [0.2, 0.25) is 0 Å². The maximum absolute atomic E-state index is 11.1. The molecule has 0 N–H and O–H groups in total. The van der Waals surface area contributed by atoms with E-state index in [4.69, 9.17) is 0 Å². The monoisotopic (exact) mass is 217 g/mol. The molecule has 0 unspecified atom stereocenters. The number of esters is 1. The minimum atomic E-state index is -0.112. The first kappa shape index (κ1) is 10.9. The van der Waals surface area contributed by atoms with Crippen LogP contribution < -0.4 is 0 Å². The lowest BCUT2D eigenvalue weighted by molar-refractivity contribution is -0.145. The molecule has 0 atom stereocenters. The fourth-order valence-electron chi connectivity index (χ4n) is 1.76. The summed E-state index contributed by atoms with van der Waals surface area (Å²) in [5.74, 6) is -0.0711. The van der Waals surface area contributed by atoms with Crippen LogP contribution in [0.15, 0.2) is 35.3 Å². The predicted octanol–water partition coefficient (Wildman–Crippen LogP) is 2.21. The summed E-state index contributed by atoms with van der Waals surface area (Å²) in [5.41, 5.74) is 2.33. The number of aliphatic imine (C=N–C) groups is 1. The molecule has 0 saturated heterocycles. The van der Waals surface area contributed by atoms with Crippen molar-refractivity contribution in [1.82, 2.24) is 0 Å². The third-order valence-corrected chi connectivity index (χ3v) is 2.83. The third-order valence-electron chi connectivity index (χ3n) is 2.83. The minimum Gasteiger partial charge on any atom is -0.469 e. The van der Waals surface area contributed by atoms with Crippen LogP contribution in [0.25, 0.3) is 0 Å². The van der Waals surface area contributed by atoms with Gasteiger partial charge in [-0.15, -0.1) is 0 Å². The van der Waals surface area contributed by atoms with Gasteiger partial charge in [-0.25, -0.2) is 0 Å². The quantitative estimate of drug-likeness (QED) is 0.728. The van der Waals surface area contributed by atoms with Gasteiger partial charge in [0.15, 0.2) is 0 Å². The van der Waals surface area contributed by atoms with Gasteiger partial charge in [-0.3, -0.25) is 9.79 Å². The Morgan fingerprint density at radius 1 is 1.38 bits per heavy atom. The summed E-state index contributed by atoms with van der Waals surface area (Å²) in [6.45, 7) is 0.712. The van der Waals surface area contributed by atoms with Crippen LogP contribution in [0, 0.1) is 5.92 Å². The molecule has 0 spiro atoms. The van der Waals surface area contributed by atoms with Crippen molar-refractivity contribution < 1.29 is 9.53 Å². The van der Waals surface area contributed by atoms with Crippen molar-refractivity contribution in [2.24, 2.45) is 10.9 Å². The zero-order valence-corrected chi connectivity index (χ0v) is 9.35. The molecule has 3 nitrogen and oxygen atoms in total. The summed E-state index contributed by atoms with van der Waals surface area (Å²) >= 11 is 0. The van der Waals surface area contributed by atoms with Crippen molar-refractivity contribution in [1.29, 1.82) is 0 Å². The summed E-state index contributed by atoms with van der Waals surface area (Å²) in [5, 5.41) is 0.